The number of nitrogens with zero attached hydrogens (tertiary/aromatic N) is 3. The van der Waals surface area contributed by atoms with E-state index < -0.39 is 12.0 Å². The fraction of sp³-hybridized carbons (Fsp3) is 0.594. The van der Waals surface area contributed by atoms with Crippen molar-refractivity contribution in [2.24, 2.45) is 5.92 Å². The number of piperidine rings is 1. The number of pyridine rings is 1. The maximum absolute atomic E-state index is 13.4. The smallest absolute Gasteiger partial charge is 0.305 e. The lowest BCUT2D eigenvalue weighted by Gasteiger charge is -2.37. The lowest BCUT2D eigenvalue weighted by Crippen LogP contribution is -2.45. The molecule has 222 valence electrons. The summed E-state index contributed by atoms with van der Waals surface area (Å²) in [4.78, 5) is 34.7. The Morgan fingerprint density at radius 1 is 1.15 bits per heavy atom. The number of fused-ring (bicyclic) bond motifs is 1. The predicted molar refractivity (Wildman–Crippen MR) is 160 cm³/mol. The fourth-order valence-electron chi connectivity index (χ4n) is 6.51. The number of ether oxygens (including phenoxy) is 1. The number of aryl methyl sites for hydroxylation is 2. The number of anilines is 2. The second kappa shape index (κ2) is 13.7. The normalized spacial score (nSPS) is 23.8. The summed E-state index contributed by atoms with van der Waals surface area (Å²) in [7, 11) is 0. The van der Waals surface area contributed by atoms with E-state index in [1.54, 1.807) is 0 Å². The molecule has 0 bridgehead atoms. The zero-order valence-electron chi connectivity index (χ0n) is 24.5. The number of amides is 1. The molecule has 0 unspecified atom stereocenters. The second-order valence-corrected chi connectivity index (χ2v) is 12.0. The van der Waals surface area contributed by atoms with Crippen LogP contribution in [0.4, 0.5) is 11.5 Å². The van der Waals surface area contributed by atoms with E-state index in [9.17, 15) is 14.7 Å². The maximum atomic E-state index is 13.4. The van der Waals surface area contributed by atoms with E-state index in [1.165, 1.54) is 5.56 Å². The summed E-state index contributed by atoms with van der Waals surface area (Å²) >= 11 is 0. The minimum absolute atomic E-state index is 0.0533. The lowest BCUT2D eigenvalue weighted by atomic mass is 9.95. The molecule has 1 aromatic heterocycles. The van der Waals surface area contributed by atoms with Gasteiger partial charge in [0, 0.05) is 37.6 Å². The summed E-state index contributed by atoms with van der Waals surface area (Å²) in [5.41, 5.74) is 4.28. The van der Waals surface area contributed by atoms with Crippen LogP contribution in [0.3, 0.4) is 0 Å². The topological polar surface area (TPSA) is 107 Å². The van der Waals surface area contributed by atoms with E-state index in [2.05, 4.69) is 46.4 Å². The van der Waals surface area contributed by atoms with Crippen LogP contribution in [0.1, 0.15) is 68.8 Å². The number of hydrogen-bond acceptors (Lipinski definition) is 7. The maximum Gasteiger partial charge on any atom is 0.305 e. The van der Waals surface area contributed by atoms with Crippen LogP contribution in [0.25, 0.3) is 0 Å². The number of morpholine rings is 1. The highest BCUT2D eigenvalue weighted by atomic mass is 16.5. The van der Waals surface area contributed by atoms with Gasteiger partial charge in [0.1, 0.15) is 5.82 Å². The summed E-state index contributed by atoms with van der Waals surface area (Å²) in [6, 6.07) is 11.7. The molecule has 0 spiro atoms. The van der Waals surface area contributed by atoms with Crippen molar-refractivity contribution in [1.29, 1.82) is 0 Å². The highest BCUT2D eigenvalue weighted by Crippen LogP contribution is 2.27. The summed E-state index contributed by atoms with van der Waals surface area (Å²) in [5.74, 6) is -0.0813. The third-order valence-electron chi connectivity index (χ3n) is 8.49. The summed E-state index contributed by atoms with van der Waals surface area (Å²) in [5, 5.41) is 16.2. The molecule has 2 fully saturated rings. The van der Waals surface area contributed by atoms with Gasteiger partial charge in [0.15, 0.2) is 0 Å². The van der Waals surface area contributed by atoms with Crippen LogP contribution >= 0.6 is 0 Å². The van der Waals surface area contributed by atoms with Gasteiger partial charge in [-0.1, -0.05) is 18.2 Å². The number of carboxylic acid groups (broad SMARTS) is 1. The molecule has 5 rings (SSSR count). The number of hydrogen-bond donors (Lipinski definition) is 3. The third-order valence-corrected chi connectivity index (χ3v) is 8.49. The van der Waals surface area contributed by atoms with Gasteiger partial charge in [-0.05, 0) is 94.8 Å². The molecule has 9 nitrogen and oxygen atoms in total. The highest BCUT2D eigenvalue weighted by molar-refractivity contribution is 5.80. The minimum Gasteiger partial charge on any atom is -0.481 e. The number of likely N-dealkylation sites (tertiary alicyclic amines) is 1. The Balaban J connectivity index is 1.17. The van der Waals surface area contributed by atoms with Crippen molar-refractivity contribution in [3.8, 4) is 0 Å². The highest BCUT2D eigenvalue weighted by Gasteiger charge is 2.29. The molecule has 9 heteroatoms. The summed E-state index contributed by atoms with van der Waals surface area (Å²) < 4.78 is 5.88. The molecular formula is C32H45N5O4. The van der Waals surface area contributed by atoms with Crippen molar-refractivity contribution in [1.82, 2.24) is 15.2 Å². The van der Waals surface area contributed by atoms with Crippen LogP contribution in [0.2, 0.25) is 0 Å². The van der Waals surface area contributed by atoms with Gasteiger partial charge >= 0.3 is 5.97 Å². The average molecular weight is 564 g/mol. The van der Waals surface area contributed by atoms with Gasteiger partial charge in [-0.2, -0.15) is 0 Å². The Bertz CT molecular complexity index is 1200. The standard InChI is InChI=1S/C32H45N5O4/c1-22-19-37(20-23(2)41-22)28-11-3-7-25(17-28)29(18-30(38)39)35-32(40)26-9-5-15-36(21-26)16-6-10-27-13-12-24-8-4-14-33-31(24)34-27/h3,7,11-13,17,22-23,26,29H,4-6,8-10,14-16,18-21H2,1-2H3,(H,33,34)(H,35,40)(H,38,39)/t22-,23-,26-,29+/m1/s1. The first kappa shape index (κ1) is 29.3. The molecule has 4 atom stereocenters. The average Bonchev–Trinajstić information content (AvgIpc) is 2.96. The molecule has 41 heavy (non-hydrogen) atoms. The second-order valence-electron chi connectivity index (χ2n) is 12.0. The molecule has 0 aliphatic carbocycles. The Labute approximate surface area is 243 Å². The van der Waals surface area contributed by atoms with Crippen LogP contribution in [-0.4, -0.2) is 78.3 Å². The van der Waals surface area contributed by atoms with Crippen molar-refractivity contribution in [2.75, 3.05) is 49.5 Å². The first-order valence-corrected chi connectivity index (χ1v) is 15.3. The molecule has 2 saturated heterocycles. The Morgan fingerprint density at radius 2 is 1.98 bits per heavy atom. The number of carbonyl (C=O) groups is 2. The van der Waals surface area contributed by atoms with E-state index in [1.807, 2.05) is 24.3 Å². The third kappa shape index (κ3) is 7.98. The minimum atomic E-state index is -0.925. The number of rotatable bonds is 10. The molecule has 1 amide bonds. The monoisotopic (exact) mass is 563 g/mol. The van der Waals surface area contributed by atoms with Crippen molar-refractivity contribution in [3.63, 3.8) is 0 Å². The van der Waals surface area contributed by atoms with Gasteiger partial charge in [0.05, 0.1) is 30.6 Å². The molecule has 0 radical (unpaired) electrons. The van der Waals surface area contributed by atoms with Crippen LogP contribution < -0.4 is 15.5 Å². The first-order valence-electron chi connectivity index (χ1n) is 15.3. The van der Waals surface area contributed by atoms with E-state index in [0.717, 1.165) is 94.0 Å². The molecule has 3 N–H and O–H groups in total. The first-order chi connectivity index (χ1) is 19.8. The summed E-state index contributed by atoms with van der Waals surface area (Å²) in [6.07, 6.45) is 6.05. The van der Waals surface area contributed by atoms with Crippen molar-refractivity contribution < 1.29 is 19.4 Å². The van der Waals surface area contributed by atoms with E-state index in [4.69, 9.17) is 9.72 Å². The molecule has 4 heterocycles. The Hall–Kier alpha value is -3.17. The lowest BCUT2D eigenvalue weighted by molar-refractivity contribution is -0.138. The Kier molecular flexibility index (Phi) is 9.77. The fourth-order valence-corrected chi connectivity index (χ4v) is 6.51. The van der Waals surface area contributed by atoms with Crippen molar-refractivity contribution >= 4 is 23.4 Å². The van der Waals surface area contributed by atoms with Gasteiger partial charge in [-0.25, -0.2) is 4.98 Å². The molecule has 0 saturated carbocycles. The Morgan fingerprint density at radius 3 is 2.78 bits per heavy atom. The molecule has 1 aromatic carbocycles. The van der Waals surface area contributed by atoms with Crippen molar-refractivity contribution in [3.05, 3.63) is 53.2 Å². The zero-order valence-corrected chi connectivity index (χ0v) is 24.5. The number of benzene rings is 1. The zero-order chi connectivity index (χ0) is 28.8. The van der Waals surface area contributed by atoms with Crippen molar-refractivity contribution in [2.45, 2.75) is 77.0 Å². The van der Waals surface area contributed by atoms with Crippen LogP contribution in [-0.2, 0) is 27.2 Å². The molecule has 2 aromatic rings. The number of carbonyl (C=O) groups excluding carboxylic acids is 1. The summed E-state index contributed by atoms with van der Waals surface area (Å²) in [6.45, 7) is 9.29. The largest absolute Gasteiger partial charge is 0.481 e. The van der Waals surface area contributed by atoms with E-state index in [0.29, 0.717) is 6.54 Å². The van der Waals surface area contributed by atoms with E-state index >= 15 is 0 Å². The molecule has 3 aliphatic rings. The number of nitrogens with one attached hydrogen (secondary N) is 2. The molecule has 3 aliphatic heterocycles. The van der Waals surface area contributed by atoms with Crippen LogP contribution in [0.5, 0.6) is 0 Å². The van der Waals surface area contributed by atoms with Gasteiger partial charge < -0.3 is 30.3 Å². The predicted octanol–water partition coefficient (Wildman–Crippen LogP) is 4.03. The van der Waals surface area contributed by atoms with Gasteiger partial charge in [-0.15, -0.1) is 0 Å². The quantitative estimate of drug-likeness (QED) is 0.398. The molecular weight excluding hydrogens is 518 g/mol. The van der Waals surface area contributed by atoms with E-state index in [-0.39, 0.29) is 30.5 Å². The van der Waals surface area contributed by atoms with Gasteiger partial charge in [-0.3, -0.25) is 9.59 Å². The number of carboxylic acids is 1. The number of aromatic nitrogens is 1. The number of aliphatic carboxylic acids is 1. The van der Waals surface area contributed by atoms with Crippen LogP contribution in [0.15, 0.2) is 36.4 Å². The van der Waals surface area contributed by atoms with Gasteiger partial charge in [0.25, 0.3) is 0 Å². The van der Waals surface area contributed by atoms with Gasteiger partial charge in [0.2, 0.25) is 5.91 Å². The van der Waals surface area contributed by atoms with Crippen LogP contribution in [0, 0.1) is 5.92 Å². The SMILES string of the molecule is C[C@@H]1CN(c2cccc([C@H](CC(=O)O)NC(=O)[C@@H]3CCCN(CCCc4ccc5c(n4)NCCC5)C3)c2)C[C@@H](C)O1.